The standard InChI is InChI=1S/C11H14N6/c12-16-11-13-6-5-10(15-11)17-7-14-8-3-1-2-4-9(8)17/h5-7H,1-4,12H2,(H,13,15,16). The number of fused-ring (bicyclic) bond motifs is 1. The molecule has 3 rings (SSSR count). The van der Waals surface area contributed by atoms with E-state index in [2.05, 4.69) is 20.4 Å². The predicted molar refractivity (Wildman–Crippen MR) is 63.6 cm³/mol. The summed E-state index contributed by atoms with van der Waals surface area (Å²) < 4.78 is 2.02. The van der Waals surface area contributed by atoms with E-state index in [-0.39, 0.29) is 0 Å². The van der Waals surface area contributed by atoms with Crippen LogP contribution in [0.25, 0.3) is 5.82 Å². The van der Waals surface area contributed by atoms with Gasteiger partial charge in [-0.3, -0.25) is 9.99 Å². The Balaban J connectivity index is 2.05. The van der Waals surface area contributed by atoms with Crippen molar-refractivity contribution in [2.75, 3.05) is 5.43 Å². The molecule has 6 heteroatoms. The second-order valence-corrected chi connectivity index (χ2v) is 4.10. The molecule has 0 spiro atoms. The fourth-order valence-corrected chi connectivity index (χ4v) is 2.22. The van der Waals surface area contributed by atoms with E-state index in [1.165, 1.54) is 24.2 Å². The third-order valence-electron chi connectivity index (χ3n) is 3.05. The molecule has 1 aliphatic carbocycles. The van der Waals surface area contributed by atoms with Crippen LogP contribution in [0.1, 0.15) is 24.2 Å². The second-order valence-electron chi connectivity index (χ2n) is 4.10. The maximum absolute atomic E-state index is 5.31. The zero-order valence-electron chi connectivity index (χ0n) is 9.43. The number of imidazole rings is 1. The molecule has 1 aliphatic rings. The molecule has 0 saturated heterocycles. The molecule has 17 heavy (non-hydrogen) atoms. The molecule has 0 amide bonds. The van der Waals surface area contributed by atoms with Crippen LogP contribution < -0.4 is 11.3 Å². The van der Waals surface area contributed by atoms with Crippen LogP contribution in [-0.4, -0.2) is 19.5 Å². The van der Waals surface area contributed by atoms with E-state index in [1.807, 2.05) is 17.0 Å². The molecule has 0 fully saturated rings. The average Bonchev–Trinajstić information content (AvgIpc) is 2.82. The quantitative estimate of drug-likeness (QED) is 0.590. The number of nitrogens with zero attached hydrogens (tertiary/aromatic N) is 4. The van der Waals surface area contributed by atoms with Crippen LogP contribution >= 0.6 is 0 Å². The molecule has 0 unspecified atom stereocenters. The highest BCUT2D eigenvalue weighted by atomic mass is 15.3. The Labute approximate surface area is 98.9 Å². The number of nitrogen functional groups attached to an aromatic ring is 1. The fourth-order valence-electron chi connectivity index (χ4n) is 2.22. The summed E-state index contributed by atoms with van der Waals surface area (Å²) in [5.41, 5.74) is 4.91. The van der Waals surface area contributed by atoms with Crippen molar-refractivity contribution in [1.82, 2.24) is 19.5 Å². The first-order valence-corrected chi connectivity index (χ1v) is 5.73. The molecule has 0 aromatic carbocycles. The maximum Gasteiger partial charge on any atom is 0.239 e. The van der Waals surface area contributed by atoms with Gasteiger partial charge in [0, 0.05) is 11.9 Å². The smallest absolute Gasteiger partial charge is 0.239 e. The first kappa shape index (κ1) is 10.2. The number of anilines is 1. The Kier molecular flexibility index (Phi) is 2.49. The van der Waals surface area contributed by atoms with Gasteiger partial charge in [0.25, 0.3) is 0 Å². The number of hydrogen-bond donors (Lipinski definition) is 2. The Morgan fingerprint density at radius 2 is 2.12 bits per heavy atom. The first-order valence-electron chi connectivity index (χ1n) is 5.73. The molecular formula is C11H14N6. The highest BCUT2D eigenvalue weighted by Gasteiger charge is 2.16. The molecule has 0 radical (unpaired) electrons. The van der Waals surface area contributed by atoms with E-state index in [4.69, 9.17) is 5.84 Å². The molecule has 0 bridgehead atoms. The van der Waals surface area contributed by atoms with Gasteiger partial charge in [0.05, 0.1) is 5.69 Å². The third kappa shape index (κ3) is 1.76. The minimum atomic E-state index is 0.417. The van der Waals surface area contributed by atoms with E-state index >= 15 is 0 Å². The molecule has 2 heterocycles. The number of nitrogens with one attached hydrogen (secondary N) is 1. The van der Waals surface area contributed by atoms with Gasteiger partial charge in [0.1, 0.15) is 12.1 Å². The summed E-state index contributed by atoms with van der Waals surface area (Å²) >= 11 is 0. The van der Waals surface area contributed by atoms with Crippen LogP contribution in [0.3, 0.4) is 0 Å². The van der Waals surface area contributed by atoms with Gasteiger partial charge in [0.15, 0.2) is 0 Å². The van der Waals surface area contributed by atoms with Crippen molar-refractivity contribution in [1.29, 1.82) is 0 Å². The molecule has 3 N–H and O–H groups in total. The summed E-state index contributed by atoms with van der Waals surface area (Å²) in [6.45, 7) is 0. The lowest BCUT2D eigenvalue weighted by atomic mass is 10.0. The van der Waals surface area contributed by atoms with Gasteiger partial charge in [0.2, 0.25) is 5.95 Å². The van der Waals surface area contributed by atoms with E-state index in [9.17, 15) is 0 Å². The predicted octanol–water partition coefficient (Wildman–Crippen LogP) is 0.827. The van der Waals surface area contributed by atoms with Crippen LogP contribution in [0.15, 0.2) is 18.6 Å². The van der Waals surface area contributed by atoms with Gasteiger partial charge in [-0.2, -0.15) is 4.98 Å². The van der Waals surface area contributed by atoms with Gasteiger partial charge in [-0.25, -0.2) is 15.8 Å². The summed E-state index contributed by atoms with van der Waals surface area (Å²) in [7, 11) is 0. The summed E-state index contributed by atoms with van der Waals surface area (Å²) in [6, 6.07) is 1.86. The lowest BCUT2D eigenvalue weighted by Gasteiger charge is -2.13. The third-order valence-corrected chi connectivity index (χ3v) is 3.05. The molecule has 6 nitrogen and oxygen atoms in total. The molecule has 2 aromatic rings. The number of hydrogen-bond acceptors (Lipinski definition) is 5. The van der Waals surface area contributed by atoms with Crippen molar-refractivity contribution in [3.63, 3.8) is 0 Å². The minimum absolute atomic E-state index is 0.417. The Hall–Kier alpha value is -1.95. The van der Waals surface area contributed by atoms with Gasteiger partial charge in [-0.1, -0.05) is 0 Å². The second kappa shape index (κ2) is 4.14. The van der Waals surface area contributed by atoms with Crippen LogP contribution in [-0.2, 0) is 12.8 Å². The monoisotopic (exact) mass is 230 g/mol. The van der Waals surface area contributed by atoms with Gasteiger partial charge in [-0.15, -0.1) is 0 Å². The molecular weight excluding hydrogens is 216 g/mol. The molecule has 2 aromatic heterocycles. The minimum Gasteiger partial charge on any atom is -0.292 e. The van der Waals surface area contributed by atoms with Crippen molar-refractivity contribution < 1.29 is 0 Å². The zero-order valence-corrected chi connectivity index (χ0v) is 9.43. The number of aromatic nitrogens is 4. The summed E-state index contributed by atoms with van der Waals surface area (Å²) in [5.74, 6) is 6.54. The van der Waals surface area contributed by atoms with Crippen LogP contribution in [0.2, 0.25) is 0 Å². The lowest BCUT2D eigenvalue weighted by molar-refractivity contribution is 0.654. The summed E-state index contributed by atoms with van der Waals surface area (Å²) in [4.78, 5) is 12.8. The van der Waals surface area contributed by atoms with Crippen molar-refractivity contribution in [2.24, 2.45) is 5.84 Å². The largest absolute Gasteiger partial charge is 0.292 e. The van der Waals surface area contributed by atoms with Crippen molar-refractivity contribution in [3.05, 3.63) is 30.0 Å². The Morgan fingerprint density at radius 1 is 1.24 bits per heavy atom. The number of nitrogens with two attached hydrogens (primary N) is 1. The maximum atomic E-state index is 5.31. The van der Waals surface area contributed by atoms with Gasteiger partial charge in [-0.05, 0) is 31.7 Å². The van der Waals surface area contributed by atoms with Gasteiger partial charge < -0.3 is 0 Å². The van der Waals surface area contributed by atoms with E-state index in [0.29, 0.717) is 5.95 Å². The van der Waals surface area contributed by atoms with Crippen LogP contribution in [0, 0.1) is 0 Å². The van der Waals surface area contributed by atoms with Crippen LogP contribution in [0.5, 0.6) is 0 Å². The first-order chi connectivity index (χ1) is 8.38. The molecule has 0 atom stereocenters. The summed E-state index contributed by atoms with van der Waals surface area (Å²) in [5, 5.41) is 0. The fraction of sp³-hybridized carbons (Fsp3) is 0.364. The average molecular weight is 230 g/mol. The van der Waals surface area contributed by atoms with Crippen molar-refractivity contribution in [3.8, 4) is 5.82 Å². The Morgan fingerprint density at radius 3 is 3.00 bits per heavy atom. The topological polar surface area (TPSA) is 81.6 Å². The summed E-state index contributed by atoms with van der Waals surface area (Å²) in [6.07, 6.45) is 8.08. The highest BCUT2D eigenvalue weighted by molar-refractivity contribution is 5.34. The van der Waals surface area contributed by atoms with E-state index in [0.717, 1.165) is 18.7 Å². The molecule has 0 saturated carbocycles. The number of hydrazine groups is 1. The number of aryl methyl sites for hydroxylation is 1. The SMILES string of the molecule is NNc1nccc(-n2cnc3c2CCCC3)n1. The van der Waals surface area contributed by atoms with E-state index < -0.39 is 0 Å². The highest BCUT2D eigenvalue weighted by Crippen LogP contribution is 2.22. The van der Waals surface area contributed by atoms with Crippen LogP contribution in [0.4, 0.5) is 5.95 Å². The van der Waals surface area contributed by atoms with Crippen molar-refractivity contribution >= 4 is 5.95 Å². The zero-order chi connectivity index (χ0) is 11.7. The molecule has 0 aliphatic heterocycles. The number of rotatable bonds is 2. The normalized spacial score (nSPS) is 14.4. The lowest BCUT2D eigenvalue weighted by Crippen LogP contribution is -2.13. The van der Waals surface area contributed by atoms with Gasteiger partial charge >= 0.3 is 0 Å². The Bertz CT molecular complexity index is 533. The van der Waals surface area contributed by atoms with E-state index in [1.54, 1.807) is 6.20 Å². The van der Waals surface area contributed by atoms with Crippen molar-refractivity contribution in [2.45, 2.75) is 25.7 Å². The molecule has 88 valence electrons.